The van der Waals surface area contributed by atoms with Crippen molar-refractivity contribution < 1.29 is 4.39 Å². The van der Waals surface area contributed by atoms with Gasteiger partial charge in [-0.2, -0.15) is 5.10 Å². The van der Waals surface area contributed by atoms with E-state index in [4.69, 9.17) is 5.84 Å². The molecule has 0 aliphatic carbocycles. The van der Waals surface area contributed by atoms with Gasteiger partial charge in [0.2, 0.25) is 0 Å². The maximum Gasteiger partial charge on any atom is 0.123 e. The van der Waals surface area contributed by atoms with E-state index in [2.05, 4.69) is 15.5 Å². The Morgan fingerprint density at radius 2 is 2.20 bits per heavy atom. The number of benzene rings is 1. The topological polar surface area (TPSA) is 74.7 Å². The molecule has 1 aromatic carbocycles. The average molecular weight is 339 g/mol. The zero-order valence-electron chi connectivity index (χ0n) is 13.7. The molecule has 128 valence electrons. The fraction of sp³-hybridized carbons (Fsp3) is 0.176. The van der Waals surface area contributed by atoms with Gasteiger partial charge in [-0.3, -0.25) is 20.1 Å². The number of fused-ring (bicyclic) bond motifs is 1. The summed E-state index contributed by atoms with van der Waals surface area (Å²) < 4.78 is 15.1. The standard InChI is InChI=1S/C17H18FN7/c1-23-9-13(8-21-23)16-17-15(10-24(19)11-20-17)25(22-16)6-5-12-3-2-4-14(18)7-12/h2-4,7-11,22H,5-6,19H2,1H3. The Labute approximate surface area is 144 Å². The Morgan fingerprint density at radius 3 is 2.96 bits per heavy atom. The van der Waals surface area contributed by atoms with Crippen molar-refractivity contribution in [1.82, 2.24) is 25.2 Å². The molecule has 0 amide bonds. The molecule has 3 heterocycles. The molecule has 2 aromatic rings. The molecule has 1 aromatic heterocycles. The lowest BCUT2D eigenvalue weighted by Crippen LogP contribution is -2.35. The minimum Gasteiger partial charge on any atom is -0.295 e. The minimum atomic E-state index is -0.226. The molecule has 0 bridgehead atoms. The van der Waals surface area contributed by atoms with E-state index in [-0.39, 0.29) is 5.82 Å². The fourth-order valence-electron chi connectivity index (χ4n) is 2.93. The first-order valence-electron chi connectivity index (χ1n) is 7.91. The third-order valence-electron chi connectivity index (χ3n) is 4.12. The lowest BCUT2D eigenvalue weighted by Gasteiger charge is -2.24. The molecule has 7 nitrogen and oxygen atoms in total. The maximum atomic E-state index is 13.4. The van der Waals surface area contributed by atoms with Gasteiger partial charge in [-0.1, -0.05) is 12.1 Å². The first-order chi connectivity index (χ1) is 12.1. The summed E-state index contributed by atoms with van der Waals surface area (Å²) >= 11 is 0. The number of hydrogen-bond donors (Lipinski definition) is 2. The van der Waals surface area contributed by atoms with Gasteiger partial charge in [0.15, 0.2) is 0 Å². The third kappa shape index (κ3) is 2.99. The van der Waals surface area contributed by atoms with Gasteiger partial charge in [0.25, 0.3) is 0 Å². The van der Waals surface area contributed by atoms with Crippen LogP contribution in [0.5, 0.6) is 0 Å². The van der Waals surface area contributed by atoms with Gasteiger partial charge in [0.1, 0.15) is 23.5 Å². The van der Waals surface area contributed by atoms with Crippen LogP contribution in [0.15, 0.2) is 59.2 Å². The second-order valence-corrected chi connectivity index (χ2v) is 5.98. The molecule has 0 fully saturated rings. The predicted molar refractivity (Wildman–Crippen MR) is 92.7 cm³/mol. The molecular formula is C17H18FN7. The van der Waals surface area contributed by atoms with Crippen LogP contribution in [0.25, 0.3) is 5.70 Å². The van der Waals surface area contributed by atoms with Crippen LogP contribution in [0.1, 0.15) is 11.1 Å². The highest BCUT2D eigenvalue weighted by Gasteiger charge is 2.30. The van der Waals surface area contributed by atoms with E-state index >= 15 is 0 Å². The molecule has 0 unspecified atom stereocenters. The van der Waals surface area contributed by atoms with Crippen molar-refractivity contribution in [3.63, 3.8) is 0 Å². The molecule has 2 aliphatic rings. The summed E-state index contributed by atoms with van der Waals surface area (Å²) in [4.78, 5) is 4.44. The van der Waals surface area contributed by atoms with Crippen LogP contribution in [0.4, 0.5) is 4.39 Å². The summed E-state index contributed by atoms with van der Waals surface area (Å²) in [5, 5.41) is 7.61. The van der Waals surface area contributed by atoms with Crippen LogP contribution < -0.4 is 11.3 Å². The third-order valence-corrected chi connectivity index (χ3v) is 4.12. The number of halogens is 1. The van der Waals surface area contributed by atoms with Crippen LogP contribution in [-0.4, -0.2) is 32.7 Å². The summed E-state index contributed by atoms with van der Waals surface area (Å²) in [5.41, 5.74) is 7.81. The van der Waals surface area contributed by atoms with E-state index < -0.39 is 0 Å². The zero-order chi connectivity index (χ0) is 17.4. The highest BCUT2D eigenvalue weighted by Crippen LogP contribution is 2.32. The van der Waals surface area contributed by atoms with Crippen molar-refractivity contribution in [2.24, 2.45) is 17.9 Å². The van der Waals surface area contributed by atoms with Crippen LogP contribution >= 0.6 is 0 Å². The van der Waals surface area contributed by atoms with Crippen LogP contribution in [0, 0.1) is 5.82 Å². The van der Waals surface area contributed by atoms with Gasteiger partial charge in [0, 0.05) is 31.6 Å². The first-order valence-corrected chi connectivity index (χ1v) is 7.91. The van der Waals surface area contributed by atoms with Crippen LogP contribution in [-0.2, 0) is 13.5 Å². The van der Waals surface area contributed by atoms with Gasteiger partial charge < -0.3 is 0 Å². The normalized spacial score (nSPS) is 16.2. The van der Waals surface area contributed by atoms with E-state index in [0.717, 1.165) is 28.2 Å². The molecule has 2 aliphatic heterocycles. The number of hydrogen-bond acceptors (Lipinski definition) is 6. The predicted octanol–water partition coefficient (Wildman–Crippen LogP) is 1.35. The van der Waals surface area contributed by atoms with E-state index in [0.29, 0.717) is 13.0 Å². The molecule has 0 spiro atoms. The molecule has 0 saturated carbocycles. The van der Waals surface area contributed by atoms with Crippen molar-refractivity contribution in [1.29, 1.82) is 0 Å². The van der Waals surface area contributed by atoms with Gasteiger partial charge in [-0.05, 0) is 24.1 Å². The highest BCUT2D eigenvalue weighted by atomic mass is 19.1. The second kappa shape index (κ2) is 6.06. The lowest BCUT2D eigenvalue weighted by molar-refractivity contribution is 0.314. The number of nitrogens with one attached hydrogen (secondary N) is 1. The number of aryl methyl sites for hydroxylation is 1. The first kappa shape index (κ1) is 15.4. The number of nitrogens with zero attached hydrogens (tertiary/aromatic N) is 5. The molecule has 0 atom stereocenters. The summed E-state index contributed by atoms with van der Waals surface area (Å²) in [5.74, 6) is 5.61. The van der Waals surface area contributed by atoms with Gasteiger partial charge in [0.05, 0.1) is 11.9 Å². The number of rotatable bonds is 4. The molecule has 0 radical (unpaired) electrons. The van der Waals surface area contributed by atoms with Gasteiger partial charge in [-0.25, -0.2) is 15.2 Å². The quantitative estimate of drug-likeness (QED) is 0.823. The monoisotopic (exact) mass is 339 g/mol. The van der Waals surface area contributed by atoms with E-state index in [1.807, 2.05) is 30.5 Å². The number of aromatic nitrogens is 2. The Morgan fingerprint density at radius 1 is 1.32 bits per heavy atom. The van der Waals surface area contributed by atoms with E-state index in [1.54, 1.807) is 29.3 Å². The van der Waals surface area contributed by atoms with Gasteiger partial charge >= 0.3 is 0 Å². The zero-order valence-corrected chi connectivity index (χ0v) is 13.7. The number of aliphatic imine (C=N–C) groups is 1. The minimum absolute atomic E-state index is 0.226. The number of nitrogens with two attached hydrogens (primary N) is 1. The Balaban J connectivity index is 1.58. The molecule has 3 N–H and O–H groups in total. The Hall–Kier alpha value is -3.13. The molecule has 4 rings (SSSR count). The van der Waals surface area contributed by atoms with E-state index in [1.165, 1.54) is 11.1 Å². The average Bonchev–Trinajstić information content (AvgIpc) is 3.16. The molecule has 25 heavy (non-hydrogen) atoms. The maximum absolute atomic E-state index is 13.4. The molecule has 8 heteroatoms. The molecule has 0 saturated heterocycles. The van der Waals surface area contributed by atoms with Crippen LogP contribution in [0.3, 0.4) is 0 Å². The van der Waals surface area contributed by atoms with Crippen molar-refractivity contribution in [2.45, 2.75) is 6.42 Å². The summed E-state index contributed by atoms with van der Waals surface area (Å²) in [6, 6.07) is 6.63. The molecular weight excluding hydrogens is 321 g/mol. The fourth-order valence-corrected chi connectivity index (χ4v) is 2.93. The summed E-state index contributed by atoms with van der Waals surface area (Å²) in [6.45, 7) is 0.645. The SMILES string of the molecule is Cn1cc(C2=C3N=CN(N)C=C3N(CCc3cccc(F)c3)N2)cn1. The summed E-state index contributed by atoms with van der Waals surface area (Å²) in [6.07, 6.45) is 7.77. The Bertz CT molecular complexity index is 896. The van der Waals surface area contributed by atoms with Gasteiger partial charge in [-0.15, -0.1) is 0 Å². The highest BCUT2D eigenvalue weighted by molar-refractivity contribution is 5.77. The van der Waals surface area contributed by atoms with Crippen molar-refractivity contribution in [3.8, 4) is 0 Å². The van der Waals surface area contributed by atoms with Crippen molar-refractivity contribution >= 4 is 12.0 Å². The van der Waals surface area contributed by atoms with Crippen LogP contribution in [0.2, 0.25) is 0 Å². The van der Waals surface area contributed by atoms with Crippen molar-refractivity contribution in [2.75, 3.05) is 6.54 Å². The summed E-state index contributed by atoms with van der Waals surface area (Å²) in [7, 11) is 1.87. The Kier molecular flexibility index (Phi) is 3.73. The lowest BCUT2D eigenvalue weighted by atomic mass is 10.1. The second-order valence-electron chi connectivity index (χ2n) is 5.98. The van der Waals surface area contributed by atoms with E-state index in [9.17, 15) is 4.39 Å². The number of hydrazine groups is 2. The smallest absolute Gasteiger partial charge is 0.123 e. The largest absolute Gasteiger partial charge is 0.295 e. The van der Waals surface area contributed by atoms with Crippen molar-refractivity contribution in [3.05, 3.63) is 71.2 Å².